The first-order chi connectivity index (χ1) is 10.3. The van der Waals surface area contributed by atoms with E-state index >= 15 is 0 Å². The second-order valence-electron chi connectivity index (χ2n) is 4.14. The SMILES string of the molecule is O=S(=O)(N/N=C/c1ccc(O)c(Cl)c1)c1ccc(Cl)c(Cl)c1. The van der Waals surface area contributed by atoms with Crippen molar-refractivity contribution >= 4 is 51.0 Å². The number of nitrogens with one attached hydrogen (secondary N) is 1. The van der Waals surface area contributed by atoms with E-state index in [1.54, 1.807) is 0 Å². The Kier molecular flexibility index (Phi) is 5.18. The number of rotatable bonds is 4. The summed E-state index contributed by atoms with van der Waals surface area (Å²) in [4.78, 5) is 1.97. The molecule has 0 aliphatic rings. The van der Waals surface area contributed by atoms with Crippen LogP contribution in [0.3, 0.4) is 0 Å². The summed E-state index contributed by atoms with van der Waals surface area (Å²) in [5, 5.41) is 13.4. The Bertz CT molecular complexity index is 838. The summed E-state index contributed by atoms with van der Waals surface area (Å²) in [6.45, 7) is 0. The Morgan fingerprint density at radius 3 is 2.36 bits per heavy atom. The summed E-state index contributed by atoms with van der Waals surface area (Å²) in [6, 6.07) is 8.24. The summed E-state index contributed by atoms with van der Waals surface area (Å²) in [5.74, 6) is -0.0739. The zero-order valence-electron chi connectivity index (χ0n) is 10.8. The average Bonchev–Trinajstić information content (AvgIpc) is 2.45. The fraction of sp³-hybridized carbons (Fsp3) is 0. The monoisotopic (exact) mass is 378 g/mol. The number of phenols is 1. The maximum absolute atomic E-state index is 12.0. The molecular formula is C13H9Cl3N2O3S. The van der Waals surface area contributed by atoms with E-state index in [1.165, 1.54) is 42.6 Å². The molecule has 0 aromatic heterocycles. The molecule has 0 unspecified atom stereocenters. The molecule has 0 saturated carbocycles. The van der Waals surface area contributed by atoms with Crippen molar-refractivity contribution in [3.05, 3.63) is 57.0 Å². The van der Waals surface area contributed by atoms with E-state index in [-0.39, 0.29) is 25.7 Å². The Balaban J connectivity index is 2.16. The first-order valence-electron chi connectivity index (χ1n) is 5.78. The first kappa shape index (κ1) is 16.9. The number of sulfonamides is 1. The van der Waals surface area contributed by atoms with Crippen molar-refractivity contribution < 1.29 is 13.5 Å². The molecule has 0 bridgehead atoms. The molecule has 2 rings (SSSR count). The molecule has 2 aromatic rings. The molecule has 0 amide bonds. The van der Waals surface area contributed by atoms with Crippen molar-refractivity contribution in [1.29, 1.82) is 0 Å². The van der Waals surface area contributed by atoms with Crippen LogP contribution in [0.1, 0.15) is 5.56 Å². The number of hydrazone groups is 1. The smallest absolute Gasteiger partial charge is 0.276 e. The van der Waals surface area contributed by atoms with E-state index in [1.807, 2.05) is 4.83 Å². The van der Waals surface area contributed by atoms with Crippen LogP contribution in [0.25, 0.3) is 0 Å². The van der Waals surface area contributed by atoms with Gasteiger partial charge in [-0.1, -0.05) is 34.8 Å². The van der Waals surface area contributed by atoms with Crippen molar-refractivity contribution in [3.63, 3.8) is 0 Å². The lowest BCUT2D eigenvalue weighted by atomic mass is 10.2. The zero-order chi connectivity index (χ0) is 16.3. The molecule has 0 aliphatic carbocycles. The standard InChI is InChI=1S/C13H9Cl3N2O3S/c14-10-3-2-9(6-11(10)15)22(20,21)18-17-7-8-1-4-13(19)12(16)5-8/h1-7,18-19H/b17-7+. The summed E-state index contributed by atoms with van der Waals surface area (Å²) in [6.07, 6.45) is 1.25. The number of halogens is 3. The number of aromatic hydroxyl groups is 1. The van der Waals surface area contributed by atoms with Gasteiger partial charge in [-0.05, 0) is 42.0 Å². The van der Waals surface area contributed by atoms with Crippen molar-refractivity contribution in [1.82, 2.24) is 4.83 Å². The minimum absolute atomic E-state index is 0.0669. The van der Waals surface area contributed by atoms with Gasteiger partial charge in [-0.2, -0.15) is 13.5 Å². The third-order valence-electron chi connectivity index (χ3n) is 2.56. The maximum atomic E-state index is 12.0. The van der Waals surface area contributed by atoms with Crippen LogP contribution in [0.5, 0.6) is 5.75 Å². The van der Waals surface area contributed by atoms with Crippen molar-refractivity contribution in [2.24, 2.45) is 5.10 Å². The van der Waals surface area contributed by atoms with Gasteiger partial charge in [-0.25, -0.2) is 4.83 Å². The zero-order valence-corrected chi connectivity index (χ0v) is 13.9. The van der Waals surface area contributed by atoms with E-state index in [2.05, 4.69) is 5.10 Å². The summed E-state index contributed by atoms with van der Waals surface area (Å²) >= 11 is 17.2. The quantitative estimate of drug-likeness (QED) is 0.628. The van der Waals surface area contributed by atoms with E-state index in [9.17, 15) is 13.5 Å². The van der Waals surface area contributed by atoms with Crippen LogP contribution < -0.4 is 4.83 Å². The van der Waals surface area contributed by atoms with E-state index in [0.29, 0.717) is 5.56 Å². The fourth-order valence-electron chi connectivity index (χ4n) is 1.47. The normalized spacial score (nSPS) is 11.8. The highest BCUT2D eigenvalue weighted by Gasteiger charge is 2.14. The molecule has 2 aromatic carbocycles. The van der Waals surface area contributed by atoms with E-state index < -0.39 is 10.0 Å². The van der Waals surface area contributed by atoms with Crippen LogP contribution in [-0.2, 0) is 10.0 Å². The molecule has 0 saturated heterocycles. The van der Waals surface area contributed by atoms with Crippen LogP contribution in [0, 0.1) is 0 Å². The number of hydrogen-bond donors (Lipinski definition) is 2. The highest BCUT2D eigenvalue weighted by Crippen LogP contribution is 2.25. The summed E-state index contributed by atoms with van der Waals surface area (Å²) in [7, 11) is -3.86. The van der Waals surface area contributed by atoms with Gasteiger partial charge in [0, 0.05) is 0 Å². The molecule has 9 heteroatoms. The predicted molar refractivity (Wildman–Crippen MR) is 87.5 cm³/mol. The van der Waals surface area contributed by atoms with E-state index in [4.69, 9.17) is 34.8 Å². The van der Waals surface area contributed by atoms with E-state index in [0.717, 1.165) is 0 Å². The molecule has 0 fully saturated rings. The molecule has 0 radical (unpaired) electrons. The Morgan fingerprint density at radius 1 is 1.00 bits per heavy atom. The van der Waals surface area contributed by atoms with Crippen LogP contribution in [0.2, 0.25) is 15.1 Å². The third kappa shape index (κ3) is 4.04. The van der Waals surface area contributed by atoms with Gasteiger partial charge in [-0.3, -0.25) is 0 Å². The fourth-order valence-corrected chi connectivity index (χ4v) is 2.84. The largest absolute Gasteiger partial charge is 0.506 e. The maximum Gasteiger partial charge on any atom is 0.276 e. The lowest BCUT2D eigenvalue weighted by molar-refractivity contribution is 0.475. The molecule has 0 heterocycles. The van der Waals surface area contributed by atoms with Gasteiger partial charge in [0.1, 0.15) is 5.75 Å². The van der Waals surface area contributed by atoms with Crippen molar-refractivity contribution in [2.75, 3.05) is 0 Å². The minimum Gasteiger partial charge on any atom is -0.506 e. The Hall–Kier alpha value is -1.47. The van der Waals surface area contributed by atoms with Crippen LogP contribution in [-0.4, -0.2) is 19.7 Å². The van der Waals surface area contributed by atoms with Crippen LogP contribution in [0.4, 0.5) is 0 Å². The van der Waals surface area contributed by atoms with Crippen molar-refractivity contribution in [2.45, 2.75) is 4.90 Å². The molecule has 22 heavy (non-hydrogen) atoms. The molecule has 0 aliphatic heterocycles. The lowest BCUT2D eigenvalue weighted by Crippen LogP contribution is -2.18. The molecule has 0 atom stereocenters. The van der Waals surface area contributed by atoms with Crippen LogP contribution in [0.15, 0.2) is 46.4 Å². The Morgan fingerprint density at radius 2 is 1.73 bits per heavy atom. The predicted octanol–water partition coefficient (Wildman–Crippen LogP) is 3.66. The highest BCUT2D eigenvalue weighted by atomic mass is 35.5. The topological polar surface area (TPSA) is 78.8 Å². The molecular weight excluding hydrogens is 371 g/mol. The first-order valence-corrected chi connectivity index (χ1v) is 8.40. The van der Waals surface area contributed by atoms with Crippen molar-refractivity contribution in [3.8, 4) is 5.75 Å². The van der Waals surface area contributed by atoms with Gasteiger partial charge >= 0.3 is 0 Å². The van der Waals surface area contributed by atoms with Gasteiger partial charge in [-0.15, -0.1) is 0 Å². The van der Waals surface area contributed by atoms with Gasteiger partial charge < -0.3 is 5.11 Å². The minimum atomic E-state index is -3.86. The molecule has 116 valence electrons. The average molecular weight is 380 g/mol. The van der Waals surface area contributed by atoms with Gasteiger partial charge in [0.15, 0.2) is 0 Å². The molecule has 0 spiro atoms. The van der Waals surface area contributed by atoms with Gasteiger partial charge in [0.2, 0.25) is 0 Å². The highest BCUT2D eigenvalue weighted by molar-refractivity contribution is 7.89. The summed E-state index contributed by atoms with van der Waals surface area (Å²) < 4.78 is 24.0. The Labute approximate surface area is 142 Å². The number of phenolic OH excluding ortho intramolecular Hbond substituents is 1. The second-order valence-corrected chi connectivity index (χ2v) is 7.02. The van der Waals surface area contributed by atoms with Gasteiger partial charge in [0.25, 0.3) is 10.0 Å². The number of nitrogens with zero attached hydrogens (tertiary/aromatic N) is 1. The number of benzene rings is 2. The second kappa shape index (κ2) is 6.75. The molecule has 5 nitrogen and oxygen atoms in total. The van der Waals surface area contributed by atoms with Crippen LogP contribution >= 0.6 is 34.8 Å². The number of hydrogen-bond acceptors (Lipinski definition) is 4. The third-order valence-corrected chi connectivity index (χ3v) is 4.82. The summed E-state index contributed by atoms with van der Waals surface area (Å²) in [5.41, 5.74) is 0.514. The molecule has 2 N–H and O–H groups in total. The van der Waals surface area contributed by atoms with Gasteiger partial charge in [0.05, 0.1) is 26.2 Å². The lowest BCUT2D eigenvalue weighted by Gasteiger charge is -2.04.